The molecule has 130 valence electrons. The molecule has 0 N–H and O–H groups in total. The van der Waals surface area contributed by atoms with Crippen molar-refractivity contribution in [3.8, 4) is 0 Å². The van der Waals surface area contributed by atoms with E-state index in [2.05, 4.69) is 0 Å². The second kappa shape index (κ2) is 7.91. The van der Waals surface area contributed by atoms with Crippen molar-refractivity contribution in [3.05, 3.63) is 0 Å². The molecule has 0 bridgehead atoms. The van der Waals surface area contributed by atoms with Gasteiger partial charge in [0, 0.05) is 27.7 Å². The molecule has 0 radical (unpaired) electrons. The van der Waals surface area contributed by atoms with Crippen molar-refractivity contribution in [1.29, 1.82) is 0 Å². The lowest BCUT2D eigenvalue weighted by Crippen LogP contribution is -2.61. The summed E-state index contributed by atoms with van der Waals surface area (Å²) in [6.07, 6.45) is -5.51. The molecule has 1 saturated heterocycles. The van der Waals surface area contributed by atoms with Gasteiger partial charge in [-0.2, -0.15) is 0 Å². The highest BCUT2D eigenvalue weighted by Gasteiger charge is 2.51. The molecule has 1 aliphatic heterocycles. The molecule has 23 heavy (non-hydrogen) atoms. The molecule has 1 fully saturated rings. The van der Waals surface area contributed by atoms with Crippen LogP contribution in [0.1, 0.15) is 34.6 Å². The summed E-state index contributed by atoms with van der Waals surface area (Å²) < 4.78 is 25.7. The Hall–Kier alpha value is -2.16. The van der Waals surface area contributed by atoms with Gasteiger partial charge in [0.05, 0.1) is 6.10 Å². The largest absolute Gasteiger partial charge is 0.456 e. The van der Waals surface area contributed by atoms with Gasteiger partial charge in [-0.25, -0.2) is 0 Å². The summed E-state index contributed by atoms with van der Waals surface area (Å²) in [6.45, 7) is 6.16. The minimum absolute atomic E-state index is 0.630. The van der Waals surface area contributed by atoms with E-state index < -0.39 is 54.6 Å². The van der Waals surface area contributed by atoms with E-state index in [0.717, 1.165) is 20.8 Å². The fourth-order valence-electron chi connectivity index (χ4n) is 2.23. The maximum Gasteiger partial charge on any atom is 0.305 e. The van der Waals surface area contributed by atoms with Crippen LogP contribution in [0.3, 0.4) is 0 Å². The SMILES string of the molecule is CC(=O)OC1C(OC(C)=O)[C@@H](OC(C)=O)C(C)O[C@@H]1OC(C)=O. The highest BCUT2D eigenvalue weighted by molar-refractivity contribution is 5.69. The van der Waals surface area contributed by atoms with Crippen molar-refractivity contribution in [2.24, 2.45) is 0 Å². The summed E-state index contributed by atoms with van der Waals surface area (Å²) in [7, 11) is 0. The normalized spacial score (nSPS) is 30.0. The molecule has 0 amide bonds. The molecular formula is C14H20O9. The van der Waals surface area contributed by atoms with E-state index in [1.165, 1.54) is 6.92 Å². The molecular weight excluding hydrogens is 312 g/mol. The quantitative estimate of drug-likeness (QED) is 0.521. The molecule has 9 nitrogen and oxygen atoms in total. The summed E-state index contributed by atoms with van der Waals surface area (Å²) in [5.41, 5.74) is 0. The van der Waals surface area contributed by atoms with Crippen LogP contribution < -0.4 is 0 Å². The van der Waals surface area contributed by atoms with Crippen molar-refractivity contribution >= 4 is 23.9 Å². The Labute approximate surface area is 133 Å². The Morgan fingerprint density at radius 1 is 0.652 bits per heavy atom. The van der Waals surface area contributed by atoms with E-state index in [0.29, 0.717) is 0 Å². The zero-order valence-corrected chi connectivity index (χ0v) is 13.6. The second-order valence-corrected chi connectivity index (χ2v) is 5.04. The van der Waals surface area contributed by atoms with Crippen LogP contribution in [0.4, 0.5) is 0 Å². The summed E-state index contributed by atoms with van der Waals surface area (Å²) in [6, 6.07) is 0. The lowest BCUT2D eigenvalue weighted by Gasteiger charge is -2.42. The first-order valence-corrected chi connectivity index (χ1v) is 6.96. The van der Waals surface area contributed by atoms with E-state index in [-0.39, 0.29) is 0 Å². The number of rotatable bonds is 4. The monoisotopic (exact) mass is 332 g/mol. The van der Waals surface area contributed by atoms with Crippen LogP contribution in [0.2, 0.25) is 0 Å². The minimum Gasteiger partial charge on any atom is -0.456 e. The Morgan fingerprint density at radius 3 is 1.48 bits per heavy atom. The fraction of sp³-hybridized carbons (Fsp3) is 0.714. The first-order valence-electron chi connectivity index (χ1n) is 6.96. The molecule has 1 rings (SSSR count). The van der Waals surface area contributed by atoms with E-state index in [1.807, 2.05) is 0 Å². The van der Waals surface area contributed by atoms with Gasteiger partial charge in [0.2, 0.25) is 12.4 Å². The number of hydrogen-bond donors (Lipinski definition) is 0. The third-order valence-electron chi connectivity index (χ3n) is 2.92. The topological polar surface area (TPSA) is 114 Å². The smallest absolute Gasteiger partial charge is 0.305 e. The standard InChI is InChI=1S/C14H20O9/c1-6-11(20-7(2)15)12(21-8(3)16)13(22-9(4)17)14(19-6)23-10(5)18/h6,11-14H,1-5H3/t6?,11-,12?,13?,14+/m0/s1. The Bertz CT molecular complexity index is 487. The van der Waals surface area contributed by atoms with Gasteiger partial charge in [0.1, 0.15) is 0 Å². The summed E-state index contributed by atoms with van der Waals surface area (Å²) in [5.74, 6) is -2.69. The zero-order valence-electron chi connectivity index (χ0n) is 13.6. The third kappa shape index (κ3) is 5.51. The molecule has 0 saturated carbocycles. The minimum atomic E-state index is -1.29. The molecule has 1 aliphatic rings. The van der Waals surface area contributed by atoms with Gasteiger partial charge in [-0.05, 0) is 6.92 Å². The highest BCUT2D eigenvalue weighted by Crippen LogP contribution is 2.29. The molecule has 0 aromatic rings. The van der Waals surface area contributed by atoms with E-state index in [1.54, 1.807) is 6.92 Å². The lowest BCUT2D eigenvalue weighted by molar-refractivity contribution is -0.292. The molecule has 1 heterocycles. The molecule has 0 aromatic carbocycles. The number of ether oxygens (including phenoxy) is 5. The van der Waals surface area contributed by atoms with Gasteiger partial charge >= 0.3 is 23.9 Å². The summed E-state index contributed by atoms with van der Waals surface area (Å²) in [5, 5.41) is 0. The fourth-order valence-corrected chi connectivity index (χ4v) is 2.23. The number of carbonyl (C=O) groups is 4. The molecule has 0 aliphatic carbocycles. The lowest BCUT2D eigenvalue weighted by atomic mass is 9.99. The second-order valence-electron chi connectivity index (χ2n) is 5.04. The third-order valence-corrected chi connectivity index (χ3v) is 2.92. The van der Waals surface area contributed by atoms with E-state index >= 15 is 0 Å². The van der Waals surface area contributed by atoms with Gasteiger partial charge in [0.15, 0.2) is 12.2 Å². The van der Waals surface area contributed by atoms with Gasteiger partial charge < -0.3 is 23.7 Å². The maximum absolute atomic E-state index is 11.4. The molecule has 3 unspecified atom stereocenters. The number of esters is 4. The average molecular weight is 332 g/mol. The van der Waals surface area contributed by atoms with Gasteiger partial charge in [-0.15, -0.1) is 0 Å². The molecule has 9 heteroatoms. The maximum atomic E-state index is 11.4. The van der Waals surface area contributed by atoms with Crippen LogP contribution in [0.25, 0.3) is 0 Å². The van der Waals surface area contributed by atoms with Crippen molar-refractivity contribution in [2.75, 3.05) is 0 Å². The van der Waals surface area contributed by atoms with Crippen molar-refractivity contribution in [1.82, 2.24) is 0 Å². The van der Waals surface area contributed by atoms with Crippen LogP contribution in [0.15, 0.2) is 0 Å². The van der Waals surface area contributed by atoms with Crippen molar-refractivity contribution < 1.29 is 42.9 Å². The van der Waals surface area contributed by atoms with E-state index in [9.17, 15) is 19.2 Å². The van der Waals surface area contributed by atoms with Crippen LogP contribution in [0, 0.1) is 0 Å². The number of carbonyl (C=O) groups excluding carboxylic acids is 4. The van der Waals surface area contributed by atoms with Crippen LogP contribution in [-0.2, 0) is 42.9 Å². The Morgan fingerprint density at radius 2 is 1.04 bits per heavy atom. The predicted molar refractivity (Wildman–Crippen MR) is 72.8 cm³/mol. The van der Waals surface area contributed by atoms with Crippen molar-refractivity contribution in [3.63, 3.8) is 0 Å². The molecule has 0 spiro atoms. The molecule has 0 aromatic heterocycles. The van der Waals surface area contributed by atoms with Crippen LogP contribution in [0.5, 0.6) is 0 Å². The van der Waals surface area contributed by atoms with Crippen LogP contribution in [-0.4, -0.2) is 54.6 Å². The molecule has 5 atom stereocenters. The van der Waals surface area contributed by atoms with Gasteiger partial charge in [-0.3, -0.25) is 19.2 Å². The van der Waals surface area contributed by atoms with Crippen molar-refractivity contribution in [2.45, 2.75) is 65.3 Å². The Balaban J connectivity index is 3.15. The summed E-state index contributed by atoms with van der Waals surface area (Å²) >= 11 is 0. The first-order chi connectivity index (χ1) is 10.6. The average Bonchev–Trinajstić information content (AvgIpc) is 2.36. The number of hydrogen-bond acceptors (Lipinski definition) is 9. The highest BCUT2D eigenvalue weighted by atomic mass is 16.7. The van der Waals surface area contributed by atoms with Gasteiger partial charge in [-0.1, -0.05) is 0 Å². The van der Waals surface area contributed by atoms with Gasteiger partial charge in [0.25, 0.3) is 0 Å². The van der Waals surface area contributed by atoms with E-state index in [4.69, 9.17) is 23.7 Å². The zero-order chi connectivity index (χ0) is 17.7. The Kier molecular flexibility index (Phi) is 6.49. The summed E-state index contributed by atoms with van der Waals surface area (Å²) in [4.78, 5) is 45.1. The predicted octanol–water partition coefficient (Wildman–Crippen LogP) is 0.0894. The van der Waals surface area contributed by atoms with Crippen LogP contribution >= 0.6 is 0 Å². The first kappa shape index (κ1) is 18.9.